The maximum absolute atomic E-state index is 9.48. The van der Waals surface area contributed by atoms with Gasteiger partial charge < -0.3 is 15.5 Å². The standard InChI is InChI=1S/C16H15N3O2/c20-15-5-4-11(8-16(15)21)10-17-13-3-1-2-12(9-13)14-6-7-18-19-14/h1-9,17,20-21H,10H2,(H,18,19). The fraction of sp³-hybridized carbons (Fsp3) is 0.0625. The number of aromatic amines is 1. The second-order valence-electron chi connectivity index (χ2n) is 4.73. The normalized spacial score (nSPS) is 10.5. The number of rotatable bonds is 4. The van der Waals surface area contributed by atoms with Gasteiger partial charge in [-0.2, -0.15) is 5.10 Å². The van der Waals surface area contributed by atoms with Crippen LogP contribution in [0.25, 0.3) is 11.3 Å². The Morgan fingerprint density at radius 3 is 2.67 bits per heavy atom. The molecule has 0 spiro atoms. The third-order valence-electron chi connectivity index (χ3n) is 3.21. The first-order chi connectivity index (χ1) is 10.2. The van der Waals surface area contributed by atoms with Crippen LogP contribution in [0.3, 0.4) is 0 Å². The molecule has 0 saturated carbocycles. The number of anilines is 1. The van der Waals surface area contributed by atoms with Crippen LogP contribution in [-0.2, 0) is 6.54 Å². The molecule has 0 unspecified atom stereocenters. The molecular formula is C16H15N3O2. The van der Waals surface area contributed by atoms with Crippen LogP contribution in [0.15, 0.2) is 54.7 Å². The molecule has 0 aliphatic carbocycles. The zero-order chi connectivity index (χ0) is 14.7. The lowest BCUT2D eigenvalue weighted by atomic mass is 10.1. The van der Waals surface area contributed by atoms with Crippen LogP contribution < -0.4 is 5.32 Å². The van der Waals surface area contributed by atoms with Crippen molar-refractivity contribution in [2.75, 3.05) is 5.32 Å². The van der Waals surface area contributed by atoms with Gasteiger partial charge in [0, 0.05) is 24.0 Å². The van der Waals surface area contributed by atoms with E-state index in [-0.39, 0.29) is 11.5 Å². The van der Waals surface area contributed by atoms with Gasteiger partial charge in [0.25, 0.3) is 0 Å². The number of hydrogen-bond acceptors (Lipinski definition) is 4. The van der Waals surface area contributed by atoms with Gasteiger partial charge in [0.05, 0.1) is 5.69 Å². The third-order valence-corrected chi connectivity index (χ3v) is 3.21. The van der Waals surface area contributed by atoms with Crippen LogP contribution in [0.4, 0.5) is 5.69 Å². The van der Waals surface area contributed by atoms with Crippen molar-refractivity contribution >= 4 is 5.69 Å². The summed E-state index contributed by atoms with van der Waals surface area (Å²) in [4.78, 5) is 0. The van der Waals surface area contributed by atoms with E-state index in [0.717, 1.165) is 22.5 Å². The maximum atomic E-state index is 9.48. The number of benzene rings is 2. The zero-order valence-electron chi connectivity index (χ0n) is 11.2. The second-order valence-corrected chi connectivity index (χ2v) is 4.73. The monoisotopic (exact) mass is 281 g/mol. The van der Waals surface area contributed by atoms with Gasteiger partial charge >= 0.3 is 0 Å². The molecule has 1 heterocycles. The van der Waals surface area contributed by atoms with Crippen molar-refractivity contribution < 1.29 is 10.2 Å². The molecule has 2 aromatic carbocycles. The molecule has 0 fully saturated rings. The molecule has 0 amide bonds. The molecule has 0 aliphatic heterocycles. The summed E-state index contributed by atoms with van der Waals surface area (Å²) in [6.07, 6.45) is 1.72. The smallest absolute Gasteiger partial charge is 0.157 e. The Balaban J connectivity index is 1.73. The van der Waals surface area contributed by atoms with E-state index in [1.807, 2.05) is 30.3 Å². The minimum Gasteiger partial charge on any atom is -0.504 e. The lowest BCUT2D eigenvalue weighted by Gasteiger charge is -2.09. The highest BCUT2D eigenvalue weighted by Crippen LogP contribution is 2.26. The molecule has 5 nitrogen and oxygen atoms in total. The molecule has 106 valence electrons. The average molecular weight is 281 g/mol. The van der Waals surface area contributed by atoms with Crippen LogP contribution in [0.5, 0.6) is 11.5 Å². The number of H-pyrrole nitrogens is 1. The number of hydrogen-bond donors (Lipinski definition) is 4. The van der Waals surface area contributed by atoms with Crippen molar-refractivity contribution in [3.8, 4) is 22.8 Å². The Morgan fingerprint density at radius 1 is 1.00 bits per heavy atom. The molecule has 5 heteroatoms. The summed E-state index contributed by atoms with van der Waals surface area (Å²) in [7, 11) is 0. The van der Waals surface area contributed by atoms with Crippen molar-refractivity contribution in [1.29, 1.82) is 0 Å². The summed E-state index contributed by atoms with van der Waals surface area (Å²) < 4.78 is 0. The first-order valence-corrected chi connectivity index (χ1v) is 6.57. The lowest BCUT2D eigenvalue weighted by Crippen LogP contribution is -1.99. The lowest BCUT2D eigenvalue weighted by molar-refractivity contribution is 0.403. The fourth-order valence-electron chi connectivity index (χ4n) is 2.10. The molecule has 0 bridgehead atoms. The molecule has 21 heavy (non-hydrogen) atoms. The highest BCUT2D eigenvalue weighted by molar-refractivity contribution is 5.64. The predicted octanol–water partition coefficient (Wildman–Crippen LogP) is 3.10. The van der Waals surface area contributed by atoms with Gasteiger partial charge in [0.15, 0.2) is 11.5 Å². The van der Waals surface area contributed by atoms with Crippen molar-refractivity contribution in [2.45, 2.75) is 6.54 Å². The van der Waals surface area contributed by atoms with Crippen molar-refractivity contribution in [2.24, 2.45) is 0 Å². The first-order valence-electron chi connectivity index (χ1n) is 6.57. The minimum atomic E-state index is -0.111. The number of nitrogens with one attached hydrogen (secondary N) is 2. The van der Waals surface area contributed by atoms with Gasteiger partial charge in [-0.3, -0.25) is 5.10 Å². The van der Waals surface area contributed by atoms with E-state index in [9.17, 15) is 10.2 Å². The molecule has 0 saturated heterocycles. The van der Waals surface area contributed by atoms with Crippen molar-refractivity contribution in [3.05, 3.63) is 60.3 Å². The van der Waals surface area contributed by atoms with E-state index in [2.05, 4.69) is 15.5 Å². The van der Waals surface area contributed by atoms with Gasteiger partial charge in [-0.25, -0.2) is 0 Å². The average Bonchev–Trinajstić information content (AvgIpc) is 3.03. The molecular weight excluding hydrogens is 266 g/mol. The molecule has 4 N–H and O–H groups in total. The van der Waals surface area contributed by atoms with Gasteiger partial charge in [0.1, 0.15) is 0 Å². The van der Waals surface area contributed by atoms with Crippen LogP contribution in [0.2, 0.25) is 0 Å². The number of nitrogens with zero attached hydrogens (tertiary/aromatic N) is 1. The van der Waals surface area contributed by atoms with Gasteiger partial charge in [-0.15, -0.1) is 0 Å². The summed E-state index contributed by atoms with van der Waals surface area (Å²) in [6, 6.07) is 14.7. The fourth-order valence-corrected chi connectivity index (χ4v) is 2.10. The van der Waals surface area contributed by atoms with E-state index >= 15 is 0 Å². The third kappa shape index (κ3) is 2.97. The summed E-state index contributed by atoms with van der Waals surface area (Å²) in [5.74, 6) is -0.222. The Hall–Kier alpha value is -2.95. The van der Waals surface area contributed by atoms with Crippen molar-refractivity contribution in [1.82, 2.24) is 10.2 Å². The van der Waals surface area contributed by atoms with Gasteiger partial charge in [-0.1, -0.05) is 18.2 Å². The highest BCUT2D eigenvalue weighted by atomic mass is 16.3. The summed E-state index contributed by atoms with van der Waals surface area (Å²) in [6.45, 7) is 0.556. The molecule has 3 aromatic rings. The van der Waals surface area contributed by atoms with E-state index in [4.69, 9.17) is 0 Å². The van der Waals surface area contributed by atoms with E-state index in [0.29, 0.717) is 6.54 Å². The Morgan fingerprint density at radius 2 is 1.90 bits per heavy atom. The maximum Gasteiger partial charge on any atom is 0.157 e. The molecule has 0 aliphatic rings. The Labute approximate surface area is 121 Å². The molecule has 3 rings (SSSR count). The zero-order valence-corrected chi connectivity index (χ0v) is 11.2. The van der Waals surface area contributed by atoms with Gasteiger partial charge in [0.2, 0.25) is 0 Å². The van der Waals surface area contributed by atoms with Crippen LogP contribution in [0.1, 0.15) is 5.56 Å². The van der Waals surface area contributed by atoms with Crippen LogP contribution in [-0.4, -0.2) is 20.4 Å². The predicted molar refractivity (Wildman–Crippen MR) is 81.1 cm³/mol. The topological polar surface area (TPSA) is 81.2 Å². The molecule has 0 atom stereocenters. The number of phenolic OH excluding ortho intramolecular Hbond substituents is 2. The summed E-state index contributed by atoms with van der Waals surface area (Å²) in [5.41, 5.74) is 3.86. The summed E-state index contributed by atoms with van der Waals surface area (Å²) in [5, 5.41) is 28.9. The largest absolute Gasteiger partial charge is 0.504 e. The Kier molecular flexibility index (Phi) is 3.47. The van der Waals surface area contributed by atoms with E-state index < -0.39 is 0 Å². The molecule has 0 radical (unpaired) electrons. The first kappa shape index (κ1) is 13.1. The number of phenols is 2. The van der Waals surface area contributed by atoms with Crippen LogP contribution in [0, 0.1) is 0 Å². The Bertz CT molecular complexity index is 739. The summed E-state index contributed by atoms with van der Waals surface area (Å²) >= 11 is 0. The van der Waals surface area contributed by atoms with Crippen LogP contribution >= 0.6 is 0 Å². The van der Waals surface area contributed by atoms with E-state index in [1.54, 1.807) is 18.3 Å². The molecule has 1 aromatic heterocycles. The van der Waals surface area contributed by atoms with E-state index in [1.165, 1.54) is 6.07 Å². The highest BCUT2D eigenvalue weighted by Gasteiger charge is 2.02. The van der Waals surface area contributed by atoms with Gasteiger partial charge in [-0.05, 0) is 35.9 Å². The second kappa shape index (κ2) is 5.58. The number of aromatic hydroxyl groups is 2. The quantitative estimate of drug-likeness (QED) is 0.554. The van der Waals surface area contributed by atoms with Crippen molar-refractivity contribution in [3.63, 3.8) is 0 Å². The SMILES string of the molecule is Oc1ccc(CNc2cccc(-c3ccn[nH]3)c2)cc1O. The number of aromatic nitrogens is 2. The minimum absolute atomic E-state index is 0.111.